The molecule has 1 N–H and O–H groups in total. The van der Waals surface area contributed by atoms with Crippen molar-refractivity contribution in [3.63, 3.8) is 0 Å². The highest BCUT2D eigenvalue weighted by molar-refractivity contribution is 5.59. The smallest absolute Gasteiger partial charge is 0.315 e. The maximum absolute atomic E-state index is 10.5. The molecule has 0 aliphatic carbocycles. The molecule has 1 aromatic carbocycles. The Bertz CT molecular complexity index is 436. The van der Waals surface area contributed by atoms with Crippen molar-refractivity contribution >= 4 is 5.69 Å². The molecule has 0 aromatic heterocycles. The van der Waals surface area contributed by atoms with Crippen LogP contribution in [0.1, 0.15) is 12.5 Å². The van der Waals surface area contributed by atoms with Gasteiger partial charge in [-0.2, -0.15) is 5.26 Å². The highest BCUT2D eigenvalue weighted by atomic mass is 16.6. The number of benzene rings is 1. The number of hydrogen-bond donors (Lipinski definition) is 1. The predicted molar refractivity (Wildman–Crippen MR) is 50.6 cm³/mol. The van der Waals surface area contributed by atoms with Crippen LogP contribution < -0.4 is 4.74 Å². The number of hydrogen-bond acceptors (Lipinski definition) is 5. The van der Waals surface area contributed by atoms with Crippen LogP contribution in [0.2, 0.25) is 0 Å². The lowest BCUT2D eigenvalue weighted by Crippen LogP contribution is -1.96. The molecule has 6 heteroatoms. The van der Waals surface area contributed by atoms with Gasteiger partial charge in [-0.05, 0) is 6.92 Å². The topological polar surface area (TPSA) is 96.4 Å². The number of nitriles is 1. The van der Waals surface area contributed by atoms with Gasteiger partial charge in [0.25, 0.3) is 0 Å². The van der Waals surface area contributed by atoms with Crippen molar-refractivity contribution in [2.75, 3.05) is 6.61 Å². The average molecular weight is 208 g/mol. The summed E-state index contributed by atoms with van der Waals surface area (Å²) in [6.45, 7) is 1.92. The van der Waals surface area contributed by atoms with E-state index < -0.39 is 16.4 Å². The van der Waals surface area contributed by atoms with Crippen molar-refractivity contribution in [2.45, 2.75) is 6.92 Å². The third-order valence-electron chi connectivity index (χ3n) is 1.68. The zero-order chi connectivity index (χ0) is 11.4. The Morgan fingerprint density at radius 3 is 2.80 bits per heavy atom. The number of rotatable bonds is 3. The normalized spacial score (nSPS) is 9.33. The summed E-state index contributed by atoms with van der Waals surface area (Å²) < 4.78 is 4.96. The second-order valence-electron chi connectivity index (χ2n) is 2.64. The van der Waals surface area contributed by atoms with E-state index in [9.17, 15) is 15.2 Å². The maximum Gasteiger partial charge on any atom is 0.315 e. The van der Waals surface area contributed by atoms with Gasteiger partial charge < -0.3 is 9.84 Å². The monoisotopic (exact) mass is 208 g/mol. The van der Waals surface area contributed by atoms with Crippen molar-refractivity contribution in [1.82, 2.24) is 0 Å². The minimum atomic E-state index is -0.765. The first kappa shape index (κ1) is 10.8. The van der Waals surface area contributed by atoms with Gasteiger partial charge in [0.2, 0.25) is 5.75 Å². The highest BCUT2D eigenvalue weighted by Crippen LogP contribution is 2.36. The molecule has 1 rings (SSSR count). The van der Waals surface area contributed by atoms with E-state index in [-0.39, 0.29) is 17.9 Å². The number of nitro benzene ring substituents is 1. The molecule has 1 aromatic rings. The largest absolute Gasteiger partial charge is 0.500 e. The zero-order valence-corrected chi connectivity index (χ0v) is 7.93. The minimum Gasteiger partial charge on any atom is -0.500 e. The summed E-state index contributed by atoms with van der Waals surface area (Å²) in [7, 11) is 0. The zero-order valence-electron chi connectivity index (χ0n) is 7.93. The first-order valence-corrected chi connectivity index (χ1v) is 4.14. The van der Waals surface area contributed by atoms with Crippen LogP contribution in [0, 0.1) is 21.4 Å². The van der Waals surface area contributed by atoms with Gasteiger partial charge in [0.05, 0.1) is 23.2 Å². The van der Waals surface area contributed by atoms with Crippen molar-refractivity contribution in [2.24, 2.45) is 0 Å². The van der Waals surface area contributed by atoms with Gasteiger partial charge in [0.1, 0.15) is 0 Å². The molecule has 6 nitrogen and oxygen atoms in total. The third-order valence-corrected chi connectivity index (χ3v) is 1.68. The van der Waals surface area contributed by atoms with Crippen LogP contribution in [0.5, 0.6) is 11.5 Å². The number of phenols is 1. The summed E-state index contributed by atoms with van der Waals surface area (Å²) in [5.74, 6) is -0.607. The van der Waals surface area contributed by atoms with Gasteiger partial charge in [-0.25, -0.2) is 0 Å². The fourth-order valence-corrected chi connectivity index (χ4v) is 1.06. The maximum atomic E-state index is 10.5. The molecular formula is C9H8N2O4. The van der Waals surface area contributed by atoms with E-state index in [0.717, 1.165) is 6.07 Å². The van der Waals surface area contributed by atoms with Gasteiger partial charge in [0, 0.05) is 12.1 Å². The van der Waals surface area contributed by atoms with Crippen molar-refractivity contribution in [3.05, 3.63) is 27.8 Å². The minimum absolute atomic E-state index is 0.0525. The lowest BCUT2D eigenvalue weighted by molar-refractivity contribution is -0.386. The van der Waals surface area contributed by atoms with Crippen molar-refractivity contribution in [1.29, 1.82) is 5.26 Å². The van der Waals surface area contributed by atoms with Crippen molar-refractivity contribution in [3.8, 4) is 17.6 Å². The van der Waals surface area contributed by atoms with Crippen LogP contribution in [0.3, 0.4) is 0 Å². The van der Waals surface area contributed by atoms with Gasteiger partial charge >= 0.3 is 5.69 Å². The molecule has 0 spiro atoms. The van der Waals surface area contributed by atoms with E-state index in [1.807, 2.05) is 0 Å². The Kier molecular flexibility index (Phi) is 3.08. The van der Waals surface area contributed by atoms with E-state index in [2.05, 4.69) is 0 Å². The van der Waals surface area contributed by atoms with Gasteiger partial charge in [-0.15, -0.1) is 0 Å². The fraction of sp³-hybridized carbons (Fsp3) is 0.222. The summed E-state index contributed by atoms with van der Waals surface area (Å²) in [6.07, 6.45) is 0. The van der Waals surface area contributed by atoms with E-state index in [4.69, 9.17) is 10.00 Å². The van der Waals surface area contributed by atoms with Gasteiger partial charge in [0.15, 0.2) is 5.75 Å². The molecular weight excluding hydrogens is 200 g/mol. The molecule has 0 bridgehead atoms. The number of phenolic OH excluding ortho intramolecular Hbond substituents is 1. The van der Waals surface area contributed by atoms with E-state index in [1.54, 1.807) is 13.0 Å². The Morgan fingerprint density at radius 1 is 1.67 bits per heavy atom. The molecule has 0 aliphatic heterocycles. The molecule has 0 heterocycles. The number of ether oxygens (including phenoxy) is 1. The summed E-state index contributed by atoms with van der Waals surface area (Å²) in [5, 5.41) is 28.6. The van der Waals surface area contributed by atoms with Crippen LogP contribution in [0.4, 0.5) is 5.69 Å². The number of nitrogens with zero attached hydrogens (tertiary/aromatic N) is 2. The molecule has 0 fully saturated rings. The second-order valence-corrected chi connectivity index (χ2v) is 2.64. The Labute approximate surface area is 85.5 Å². The SMILES string of the molecule is CCOc1cc(C#N)cc([N+](=O)[O-])c1O. The summed E-state index contributed by atoms with van der Waals surface area (Å²) >= 11 is 0. The van der Waals surface area contributed by atoms with Crippen LogP contribution in [0.25, 0.3) is 0 Å². The lowest BCUT2D eigenvalue weighted by atomic mass is 10.2. The Balaban J connectivity index is 3.35. The third kappa shape index (κ3) is 2.14. The summed E-state index contributed by atoms with van der Waals surface area (Å²) in [6, 6.07) is 4.01. The number of aromatic hydroxyl groups is 1. The van der Waals surface area contributed by atoms with Crippen LogP contribution >= 0.6 is 0 Å². The second kappa shape index (κ2) is 4.28. The molecule has 0 amide bonds. The first-order chi connectivity index (χ1) is 7.10. The van der Waals surface area contributed by atoms with Gasteiger partial charge in [-0.3, -0.25) is 10.1 Å². The van der Waals surface area contributed by atoms with E-state index in [0.29, 0.717) is 0 Å². The predicted octanol–water partition coefficient (Wildman–Crippen LogP) is 1.57. The van der Waals surface area contributed by atoms with E-state index >= 15 is 0 Å². The highest BCUT2D eigenvalue weighted by Gasteiger charge is 2.19. The summed E-state index contributed by atoms with van der Waals surface area (Å²) in [5.41, 5.74) is -0.458. The molecule has 0 radical (unpaired) electrons. The Hall–Kier alpha value is -2.29. The summed E-state index contributed by atoms with van der Waals surface area (Å²) in [4.78, 5) is 9.76. The molecule has 0 saturated carbocycles. The Morgan fingerprint density at radius 2 is 2.33 bits per heavy atom. The molecule has 0 aliphatic rings. The molecule has 0 saturated heterocycles. The van der Waals surface area contributed by atoms with Crippen LogP contribution in [-0.2, 0) is 0 Å². The standard InChI is InChI=1S/C9H8N2O4/c1-2-15-8-4-6(5-10)3-7(9(8)12)11(13)14/h3-4,12H,2H2,1H3. The average Bonchev–Trinajstić information content (AvgIpc) is 2.21. The molecule has 0 unspecified atom stereocenters. The molecule has 15 heavy (non-hydrogen) atoms. The van der Waals surface area contributed by atoms with Crippen molar-refractivity contribution < 1.29 is 14.8 Å². The lowest BCUT2D eigenvalue weighted by Gasteiger charge is -2.05. The fourth-order valence-electron chi connectivity index (χ4n) is 1.06. The number of nitro groups is 1. The van der Waals surface area contributed by atoms with E-state index in [1.165, 1.54) is 6.07 Å². The van der Waals surface area contributed by atoms with Crippen LogP contribution in [-0.4, -0.2) is 16.6 Å². The quantitative estimate of drug-likeness (QED) is 0.600. The van der Waals surface area contributed by atoms with Crippen LogP contribution in [0.15, 0.2) is 12.1 Å². The molecule has 78 valence electrons. The molecule has 0 atom stereocenters. The first-order valence-electron chi connectivity index (χ1n) is 4.14. The van der Waals surface area contributed by atoms with Gasteiger partial charge in [-0.1, -0.05) is 0 Å².